The Morgan fingerprint density at radius 3 is 2.60 bits per heavy atom. The molecule has 0 radical (unpaired) electrons. The van der Waals surface area contributed by atoms with Gasteiger partial charge in [-0.25, -0.2) is 13.2 Å². The standard InChI is InChI=1S/C17H24N2O5S/c1-12(2)10-15(17(21)24-3)18-16(20)13-6-4-7-14(11-13)19-8-5-9-25(19,22)23/h4,6-7,11-12,15H,5,8-10H2,1-3H3,(H,18,20). The number of nitrogens with zero attached hydrogens (tertiary/aromatic N) is 1. The second-order valence-corrected chi connectivity index (χ2v) is 8.48. The van der Waals surface area contributed by atoms with E-state index >= 15 is 0 Å². The molecule has 1 amide bonds. The number of sulfonamides is 1. The summed E-state index contributed by atoms with van der Waals surface area (Å²) in [6.07, 6.45) is 1.02. The number of ether oxygens (including phenoxy) is 1. The molecule has 0 bridgehead atoms. The molecule has 1 atom stereocenters. The Kier molecular flexibility index (Phi) is 6.05. The molecule has 0 saturated carbocycles. The molecule has 25 heavy (non-hydrogen) atoms. The van der Waals surface area contributed by atoms with E-state index in [-0.39, 0.29) is 11.7 Å². The highest BCUT2D eigenvalue weighted by Gasteiger charge is 2.29. The predicted octanol–water partition coefficient (Wildman–Crippen LogP) is 1.54. The summed E-state index contributed by atoms with van der Waals surface area (Å²) in [5.74, 6) is -0.623. The van der Waals surface area contributed by atoms with Gasteiger partial charge < -0.3 is 10.1 Å². The number of amides is 1. The first-order valence-corrected chi connectivity index (χ1v) is 9.84. The minimum absolute atomic E-state index is 0.113. The van der Waals surface area contributed by atoms with Gasteiger partial charge in [0.15, 0.2) is 0 Å². The highest BCUT2D eigenvalue weighted by atomic mass is 32.2. The van der Waals surface area contributed by atoms with Crippen molar-refractivity contribution in [3.05, 3.63) is 29.8 Å². The van der Waals surface area contributed by atoms with Crippen LogP contribution in [0, 0.1) is 5.92 Å². The first-order chi connectivity index (χ1) is 11.7. The number of benzene rings is 1. The molecule has 7 nitrogen and oxygen atoms in total. The van der Waals surface area contributed by atoms with Crippen molar-refractivity contribution in [3.8, 4) is 0 Å². The topological polar surface area (TPSA) is 92.8 Å². The van der Waals surface area contributed by atoms with E-state index in [9.17, 15) is 18.0 Å². The SMILES string of the molecule is COC(=O)C(CC(C)C)NC(=O)c1cccc(N2CCCS2(=O)=O)c1. The Morgan fingerprint density at radius 2 is 2.04 bits per heavy atom. The van der Waals surface area contributed by atoms with Gasteiger partial charge in [0, 0.05) is 12.1 Å². The highest BCUT2D eigenvalue weighted by Crippen LogP contribution is 2.24. The summed E-state index contributed by atoms with van der Waals surface area (Å²) in [5.41, 5.74) is 0.765. The molecule has 1 unspecified atom stereocenters. The number of esters is 1. The van der Waals surface area contributed by atoms with Gasteiger partial charge in [0.25, 0.3) is 5.91 Å². The summed E-state index contributed by atoms with van der Waals surface area (Å²) in [6.45, 7) is 4.30. The van der Waals surface area contributed by atoms with Crippen molar-refractivity contribution in [2.45, 2.75) is 32.7 Å². The molecule has 1 saturated heterocycles. The Hall–Kier alpha value is -2.09. The van der Waals surface area contributed by atoms with Crippen molar-refractivity contribution < 1.29 is 22.7 Å². The second-order valence-electron chi connectivity index (χ2n) is 6.47. The average Bonchev–Trinajstić information content (AvgIpc) is 2.92. The summed E-state index contributed by atoms with van der Waals surface area (Å²) in [6, 6.07) is 5.67. The molecule has 2 rings (SSSR count). The third-order valence-electron chi connectivity index (χ3n) is 3.99. The molecule has 1 fully saturated rings. The summed E-state index contributed by atoms with van der Waals surface area (Å²) in [7, 11) is -2.03. The number of carbonyl (C=O) groups is 2. The number of methoxy groups -OCH3 is 1. The maximum atomic E-state index is 12.5. The van der Waals surface area contributed by atoms with E-state index in [1.807, 2.05) is 13.8 Å². The molecule has 1 aliphatic rings. The van der Waals surface area contributed by atoms with Gasteiger partial charge in [-0.15, -0.1) is 0 Å². The van der Waals surface area contributed by atoms with E-state index in [4.69, 9.17) is 4.74 Å². The van der Waals surface area contributed by atoms with Gasteiger partial charge in [0.05, 0.1) is 18.6 Å². The van der Waals surface area contributed by atoms with Gasteiger partial charge in [-0.2, -0.15) is 0 Å². The van der Waals surface area contributed by atoms with Crippen molar-refractivity contribution in [3.63, 3.8) is 0 Å². The van der Waals surface area contributed by atoms with Crippen molar-refractivity contribution in [2.75, 3.05) is 23.7 Å². The lowest BCUT2D eigenvalue weighted by Crippen LogP contribution is -2.42. The normalized spacial score (nSPS) is 17.4. The van der Waals surface area contributed by atoms with Crippen LogP contribution in [0.3, 0.4) is 0 Å². The van der Waals surface area contributed by atoms with Crippen LogP contribution in [0.25, 0.3) is 0 Å². The summed E-state index contributed by atoms with van der Waals surface area (Å²) in [5, 5.41) is 2.67. The van der Waals surface area contributed by atoms with Crippen molar-refractivity contribution >= 4 is 27.6 Å². The van der Waals surface area contributed by atoms with Crippen LogP contribution in [0.2, 0.25) is 0 Å². The van der Waals surface area contributed by atoms with E-state index in [0.29, 0.717) is 30.6 Å². The molecule has 138 valence electrons. The van der Waals surface area contributed by atoms with Crippen molar-refractivity contribution in [1.29, 1.82) is 0 Å². The van der Waals surface area contributed by atoms with Crippen LogP contribution in [0.5, 0.6) is 0 Å². The van der Waals surface area contributed by atoms with E-state index in [0.717, 1.165) is 0 Å². The first kappa shape index (κ1) is 19.2. The van der Waals surface area contributed by atoms with Gasteiger partial charge in [-0.1, -0.05) is 19.9 Å². The Bertz CT molecular complexity index is 745. The molecular weight excluding hydrogens is 344 g/mol. The van der Waals surface area contributed by atoms with Gasteiger partial charge in [-0.3, -0.25) is 9.10 Å². The van der Waals surface area contributed by atoms with Gasteiger partial charge in [-0.05, 0) is 37.0 Å². The Balaban J connectivity index is 2.19. The number of nitrogens with one attached hydrogen (secondary N) is 1. The van der Waals surface area contributed by atoms with Crippen molar-refractivity contribution in [1.82, 2.24) is 5.32 Å². The van der Waals surface area contributed by atoms with E-state index in [2.05, 4.69) is 5.32 Å². The zero-order valence-corrected chi connectivity index (χ0v) is 15.5. The van der Waals surface area contributed by atoms with Gasteiger partial charge >= 0.3 is 5.97 Å². The lowest BCUT2D eigenvalue weighted by Gasteiger charge is -2.20. The predicted molar refractivity (Wildman–Crippen MR) is 94.9 cm³/mol. The zero-order valence-electron chi connectivity index (χ0n) is 14.7. The molecule has 8 heteroatoms. The smallest absolute Gasteiger partial charge is 0.328 e. The average molecular weight is 368 g/mol. The lowest BCUT2D eigenvalue weighted by molar-refractivity contribution is -0.143. The monoisotopic (exact) mass is 368 g/mol. The Morgan fingerprint density at radius 1 is 1.32 bits per heavy atom. The molecule has 1 heterocycles. The fourth-order valence-corrected chi connectivity index (χ4v) is 4.36. The third-order valence-corrected chi connectivity index (χ3v) is 5.86. The summed E-state index contributed by atoms with van der Waals surface area (Å²) < 4.78 is 30.1. The number of hydrogen-bond acceptors (Lipinski definition) is 5. The molecule has 1 aromatic carbocycles. The number of anilines is 1. The second kappa shape index (κ2) is 7.86. The van der Waals surface area contributed by atoms with Crippen LogP contribution in [0.4, 0.5) is 5.69 Å². The first-order valence-electron chi connectivity index (χ1n) is 8.23. The molecule has 1 aliphatic heterocycles. The van der Waals surface area contributed by atoms with Crippen LogP contribution in [-0.4, -0.2) is 45.7 Å². The molecule has 1 aromatic rings. The maximum Gasteiger partial charge on any atom is 0.328 e. The van der Waals surface area contributed by atoms with Crippen LogP contribution >= 0.6 is 0 Å². The summed E-state index contributed by atoms with van der Waals surface area (Å²) >= 11 is 0. The largest absolute Gasteiger partial charge is 0.467 e. The minimum atomic E-state index is -3.31. The van der Waals surface area contributed by atoms with Gasteiger partial charge in [0.1, 0.15) is 6.04 Å². The molecule has 1 N–H and O–H groups in total. The van der Waals surface area contributed by atoms with Crippen LogP contribution in [0.15, 0.2) is 24.3 Å². The maximum absolute atomic E-state index is 12.5. The fraction of sp³-hybridized carbons (Fsp3) is 0.529. The number of rotatable bonds is 6. The van der Waals surface area contributed by atoms with Crippen molar-refractivity contribution in [2.24, 2.45) is 5.92 Å². The molecule has 0 spiro atoms. The summed E-state index contributed by atoms with van der Waals surface area (Å²) in [4.78, 5) is 24.3. The van der Waals surface area contributed by atoms with Gasteiger partial charge in [0.2, 0.25) is 10.0 Å². The molecular formula is C17H24N2O5S. The van der Waals surface area contributed by atoms with E-state index < -0.39 is 27.9 Å². The minimum Gasteiger partial charge on any atom is -0.467 e. The van der Waals surface area contributed by atoms with E-state index in [1.165, 1.54) is 17.5 Å². The molecule has 0 aromatic heterocycles. The zero-order chi connectivity index (χ0) is 18.6. The Labute approximate surface area is 148 Å². The number of carbonyl (C=O) groups excluding carboxylic acids is 2. The number of hydrogen-bond donors (Lipinski definition) is 1. The van der Waals surface area contributed by atoms with E-state index in [1.54, 1.807) is 18.2 Å². The molecule has 0 aliphatic carbocycles. The lowest BCUT2D eigenvalue weighted by atomic mass is 10.0. The van der Waals surface area contributed by atoms with Crippen LogP contribution < -0.4 is 9.62 Å². The quantitative estimate of drug-likeness (QED) is 0.769. The highest BCUT2D eigenvalue weighted by molar-refractivity contribution is 7.93. The van der Waals surface area contributed by atoms with Crippen LogP contribution in [0.1, 0.15) is 37.0 Å². The fourth-order valence-electron chi connectivity index (χ4n) is 2.80. The third kappa shape index (κ3) is 4.72. The van der Waals surface area contributed by atoms with Crippen LogP contribution in [-0.2, 0) is 19.6 Å².